The van der Waals surface area contributed by atoms with Crippen molar-refractivity contribution in [3.63, 3.8) is 0 Å². The van der Waals surface area contributed by atoms with E-state index in [1.165, 1.54) is 11.3 Å². The lowest BCUT2D eigenvalue weighted by Crippen LogP contribution is -2.46. The Bertz CT molecular complexity index is 1580. The van der Waals surface area contributed by atoms with E-state index in [1.807, 2.05) is 6.07 Å². The lowest BCUT2D eigenvalue weighted by molar-refractivity contribution is 0.271. The third-order valence-electron chi connectivity index (χ3n) is 7.52. The molecule has 2 aromatic heterocycles. The highest BCUT2D eigenvalue weighted by molar-refractivity contribution is 9.10. The van der Waals surface area contributed by atoms with Gasteiger partial charge in [-0.3, -0.25) is 4.90 Å². The number of aromatic amines is 1. The van der Waals surface area contributed by atoms with Crippen LogP contribution in [0.3, 0.4) is 0 Å². The van der Waals surface area contributed by atoms with E-state index in [-0.39, 0.29) is 5.95 Å². The number of hydrogen-bond donors (Lipinski definition) is 2. The van der Waals surface area contributed by atoms with Gasteiger partial charge in [-0.25, -0.2) is 9.97 Å². The van der Waals surface area contributed by atoms with Crippen molar-refractivity contribution in [2.45, 2.75) is 19.8 Å². The number of aromatic nitrogens is 4. The molecule has 1 saturated heterocycles. The Morgan fingerprint density at radius 3 is 2.40 bits per heavy atom. The van der Waals surface area contributed by atoms with Crippen molar-refractivity contribution in [2.24, 2.45) is 0 Å². The van der Waals surface area contributed by atoms with E-state index in [0.717, 1.165) is 78.3 Å². The molecule has 6 rings (SSSR count). The van der Waals surface area contributed by atoms with E-state index in [0.29, 0.717) is 5.82 Å². The van der Waals surface area contributed by atoms with Crippen molar-refractivity contribution in [3.05, 3.63) is 94.9 Å². The molecule has 0 bridgehead atoms. The summed E-state index contributed by atoms with van der Waals surface area (Å²) in [5, 5.41) is 0. The minimum absolute atomic E-state index is 0.220. The Balaban J connectivity index is 1.31. The van der Waals surface area contributed by atoms with Crippen LogP contribution in [0, 0.1) is 0 Å². The predicted octanol–water partition coefficient (Wildman–Crippen LogP) is 6.09. The Morgan fingerprint density at radius 2 is 1.65 bits per heavy atom. The van der Waals surface area contributed by atoms with Crippen LogP contribution in [0.1, 0.15) is 18.3 Å². The quantitative estimate of drug-likeness (QED) is 0.224. The van der Waals surface area contributed by atoms with Gasteiger partial charge >= 0.3 is 0 Å². The topological polar surface area (TPSA) is 90.2 Å². The molecule has 0 amide bonds. The summed E-state index contributed by atoms with van der Waals surface area (Å²) < 4.78 is 0.757. The van der Waals surface area contributed by atoms with E-state index in [4.69, 9.17) is 10.7 Å². The van der Waals surface area contributed by atoms with E-state index in [2.05, 4.69) is 119 Å². The number of nitrogens with one attached hydrogen (secondary N) is 1. The highest BCUT2D eigenvalue weighted by Gasteiger charge is 2.20. The molecule has 0 aliphatic carbocycles. The number of H-pyrrole nitrogens is 1. The fraction of sp³-hybridized carbons (Fsp3) is 0.258. The van der Waals surface area contributed by atoms with Crippen LogP contribution in [-0.2, 0) is 12.8 Å². The average molecular weight is 598 g/mol. The van der Waals surface area contributed by atoms with Gasteiger partial charge in [0, 0.05) is 55.9 Å². The van der Waals surface area contributed by atoms with Crippen LogP contribution in [0.2, 0.25) is 0 Å². The molecule has 204 valence electrons. The van der Waals surface area contributed by atoms with Gasteiger partial charge in [-0.1, -0.05) is 37.3 Å². The van der Waals surface area contributed by atoms with Gasteiger partial charge in [-0.05, 0) is 76.9 Å². The maximum Gasteiger partial charge on any atom is 0.222 e. The molecular weight excluding hydrogens is 564 g/mol. The molecule has 0 spiro atoms. The van der Waals surface area contributed by atoms with Crippen molar-refractivity contribution in [3.8, 4) is 0 Å². The summed E-state index contributed by atoms with van der Waals surface area (Å²) in [6.07, 6.45) is 3.48. The van der Waals surface area contributed by atoms with Crippen LogP contribution in [0.4, 0.5) is 28.8 Å². The van der Waals surface area contributed by atoms with E-state index >= 15 is 0 Å². The summed E-state index contributed by atoms with van der Waals surface area (Å²) >= 11 is 3.65. The molecule has 9 heteroatoms. The molecule has 1 fully saturated rings. The largest absolute Gasteiger partial charge is 0.369 e. The van der Waals surface area contributed by atoms with Gasteiger partial charge in [0.15, 0.2) is 5.82 Å². The summed E-state index contributed by atoms with van der Waals surface area (Å²) in [6.45, 7) is 7.58. The van der Waals surface area contributed by atoms with Crippen molar-refractivity contribution >= 4 is 55.8 Å². The second-order valence-electron chi connectivity index (χ2n) is 10.0. The van der Waals surface area contributed by atoms with Gasteiger partial charge in [0.05, 0.1) is 15.5 Å². The molecule has 0 radical (unpaired) electrons. The molecule has 0 atom stereocenters. The first-order valence-electron chi connectivity index (χ1n) is 13.8. The number of piperazine rings is 1. The summed E-state index contributed by atoms with van der Waals surface area (Å²) in [4.78, 5) is 24.2. The van der Waals surface area contributed by atoms with E-state index in [9.17, 15) is 0 Å². The molecule has 40 heavy (non-hydrogen) atoms. The zero-order chi connectivity index (χ0) is 27.5. The lowest BCUT2D eigenvalue weighted by atomic mass is 10.1. The minimum Gasteiger partial charge on any atom is -0.369 e. The van der Waals surface area contributed by atoms with Gasteiger partial charge in [0.25, 0.3) is 0 Å². The number of rotatable bonds is 8. The summed E-state index contributed by atoms with van der Waals surface area (Å²) in [6, 6.07) is 25.4. The number of benzene rings is 3. The first-order chi connectivity index (χ1) is 19.6. The zero-order valence-corrected chi connectivity index (χ0v) is 24.2. The molecule has 0 unspecified atom stereocenters. The molecule has 3 aromatic carbocycles. The van der Waals surface area contributed by atoms with Gasteiger partial charge in [-0.15, -0.1) is 0 Å². The summed E-state index contributed by atoms with van der Waals surface area (Å²) in [5.41, 5.74) is 12.4. The maximum atomic E-state index is 6.04. The van der Waals surface area contributed by atoms with Crippen LogP contribution in [0.15, 0.2) is 83.5 Å². The molecule has 1 aliphatic rings. The maximum absolute atomic E-state index is 6.04. The molecule has 5 aromatic rings. The van der Waals surface area contributed by atoms with Crippen molar-refractivity contribution in [1.29, 1.82) is 0 Å². The number of fused-ring (bicyclic) bond motifs is 1. The molecule has 0 saturated carbocycles. The van der Waals surface area contributed by atoms with Crippen molar-refractivity contribution in [2.75, 3.05) is 48.3 Å². The predicted molar refractivity (Wildman–Crippen MR) is 167 cm³/mol. The molecule has 1 aliphatic heterocycles. The van der Waals surface area contributed by atoms with E-state index < -0.39 is 0 Å². The number of nitrogen functional groups attached to an aromatic ring is 1. The number of likely N-dealkylation sites (N-methyl/N-ethyl adjacent to an activating group) is 1. The second-order valence-corrected chi connectivity index (χ2v) is 10.9. The summed E-state index contributed by atoms with van der Waals surface area (Å²) in [7, 11) is 0. The van der Waals surface area contributed by atoms with Crippen LogP contribution < -0.4 is 15.5 Å². The van der Waals surface area contributed by atoms with Gasteiger partial charge in [0.1, 0.15) is 5.82 Å². The fourth-order valence-corrected chi connectivity index (χ4v) is 5.64. The Kier molecular flexibility index (Phi) is 7.66. The molecule has 3 heterocycles. The Hall–Kier alpha value is -3.95. The zero-order valence-electron chi connectivity index (χ0n) is 22.6. The SMILES string of the molecule is CCN1CCN(c2ccc(N(c3ccc4[nH]c(CCc5ccccc5)nc4c3)c3nc(N)ncc3Br)cc2)CC1. The van der Waals surface area contributed by atoms with Gasteiger partial charge in [0.2, 0.25) is 5.95 Å². The lowest BCUT2D eigenvalue weighted by Gasteiger charge is -2.35. The second kappa shape index (κ2) is 11.7. The third-order valence-corrected chi connectivity index (χ3v) is 8.08. The highest BCUT2D eigenvalue weighted by Crippen LogP contribution is 2.39. The number of imidazole rings is 1. The van der Waals surface area contributed by atoms with E-state index in [1.54, 1.807) is 6.20 Å². The number of nitrogens with zero attached hydrogens (tertiary/aromatic N) is 6. The number of aryl methyl sites for hydroxylation is 2. The number of hydrogen-bond acceptors (Lipinski definition) is 7. The molecule has 3 N–H and O–H groups in total. The van der Waals surface area contributed by atoms with Crippen LogP contribution in [0.25, 0.3) is 11.0 Å². The van der Waals surface area contributed by atoms with Crippen LogP contribution in [-0.4, -0.2) is 57.6 Å². The average Bonchev–Trinajstić information content (AvgIpc) is 3.41. The van der Waals surface area contributed by atoms with Gasteiger partial charge < -0.3 is 20.5 Å². The Morgan fingerprint density at radius 1 is 0.900 bits per heavy atom. The van der Waals surface area contributed by atoms with Crippen molar-refractivity contribution < 1.29 is 0 Å². The third kappa shape index (κ3) is 5.66. The first-order valence-corrected chi connectivity index (χ1v) is 14.5. The normalized spacial score (nSPS) is 14.1. The standard InChI is InChI=1S/C31H33BrN8/c1-2-38-16-18-39(19-17-38)23-9-11-24(12-10-23)40(30-26(32)21-34-31(33)37-30)25-13-14-27-28(20-25)36-29(35-27)15-8-22-6-4-3-5-7-22/h3-7,9-14,20-21H,2,8,15-19H2,1H3,(H,35,36)(H2,33,34,37). The Labute approximate surface area is 243 Å². The first kappa shape index (κ1) is 26.3. The number of nitrogens with two attached hydrogens (primary N) is 1. The summed E-state index contributed by atoms with van der Waals surface area (Å²) in [5.74, 6) is 1.87. The smallest absolute Gasteiger partial charge is 0.222 e. The minimum atomic E-state index is 0.220. The fourth-order valence-electron chi connectivity index (χ4n) is 5.27. The molecular formula is C31H33BrN8. The van der Waals surface area contributed by atoms with Crippen molar-refractivity contribution in [1.82, 2.24) is 24.8 Å². The number of anilines is 5. The van der Waals surface area contributed by atoms with Crippen LogP contribution >= 0.6 is 15.9 Å². The molecule has 8 nitrogen and oxygen atoms in total. The van der Waals surface area contributed by atoms with Crippen LogP contribution in [0.5, 0.6) is 0 Å². The monoisotopic (exact) mass is 596 g/mol. The number of halogens is 1. The van der Waals surface area contributed by atoms with Gasteiger partial charge in [-0.2, -0.15) is 4.98 Å². The highest BCUT2D eigenvalue weighted by atomic mass is 79.9.